The summed E-state index contributed by atoms with van der Waals surface area (Å²) in [6.07, 6.45) is 13.2. The van der Waals surface area contributed by atoms with Crippen molar-refractivity contribution in [3.05, 3.63) is 91.2 Å². The smallest absolute Gasteiger partial charge is 0.343 e. The number of carbonyl (C=O) groups is 1. The van der Waals surface area contributed by atoms with Gasteiger partial charge in [0.25, 0.3) is 0 Å². The van der Waals surface area contributed by atoms with Gasteiger partial charge < -0.3 is 14.2 Å². The number of carbonyl (C=O) groups excluding carboxylic acids is 1. The van der Waals surface area contributed by atoms with E-state index in [9.17, 15) is 13.2 Å². The molecule has 0 heterocycles. The van der Waals surface area contributed by atoms with Crippen LogP contribution >= 0.6 is 0 Å². The van der Waals surface area contributed by atoms with E-state index in [0.29, 0.717) is 22.8 Å². The molecule has 0 spiro atoms. The van der Waals surface area contributed by atoms with Gasteiger partial charge >= 0.3 is 5.97 Å². The highest BCUT2D eigenvalue weighted by Crippen LogP contribution is 2.26. The topological polar surface area (TPSA) is 78.9 Å². The second kappa shape index (κ2) is 18.9. The number of hydrogen-bond acceptors (Lipinski definition) is 6. The molecule has 0 fully saturated rings. The molecule has 3 aromatic carbocycles. The molecule has 0 unspecified atom stereocenters. The maximum atomic E-state index is 12.7. The first kappa shape index (κ1) is 34.9. The van der Waals surface area contributed by atoms with E-state index in [2.05, 4.69) is 6.58 Å². The summed E-state index contributed by atoms with van der Waals surface area (Å²) >= 11 is 0. The molecule has 0 aliphatic carbocycles. The van der Waals surface area contributed by atoms with Crippen molar-refractivity contribution in [2.75, 3.05) is 19.0 Å². The maximum absolute atomic E-state index is 12.7. The fourth-order valence-corrected chi connectivity index (χ4v) is 6.54. The Morgan fingerprint density at radius 3 is 1.77 bits per heavy atom. The molecular formula is C37H48O6S. The van der Waals surface area contributed by atoms with E-state index in [4.69, 9.17) is 14.2 Å². The van der Waals surface area contributed by atoms with Crippen molar-refractivity contribution >= 4 is 15.8 Å². The summed E-state index contributed by atoms with van der Waals surface area (Å²) in [6.45, 7) is 8.93. The molecule has 0 saturated carbocycles. The second-order valence-corrected chi connectivity index (χ2v) is 13.4. The summed E-state index contributed by atoms with van der Waals surface area (Å²) < 4.78 is 41.8. The lowest BCUT2D eigenvalue weighted by Gasteiger charge is -2.10. The lowest BCUT2D eigenvalue weighted by molar-refractivity contribution is 0.0734. The average molecular weight is 621 g/mol. The van der Waals surface area contributed by atoms with Crippen molar-refractivity contribution in [1.82, 2.24) is 0 Å². The van der Waals surface area contributed by atoms with E-state index < -0.39 is 15.8 Å². The highest BCUT2D eigenvalue weighted by atomic mass is 32.2. The lowest BCUT2D eigenvalue weighted by atomic mass is 10.1. The Hall–Kier alpha value is -3.58. The van der Waals surface area contributed by atoms with Crippen molar-refractivity contribution in [2.45, 2.75) is 83.0 Å². The van der Waals surface area contributed by atoms with Crippen molar-refractivity contribution in [1.29, 1.82) is 0 Å². The van der Waals surface area contributed by atoms with Crippen molar-refractivity contribution in [3.63, 3.8) is 0 Å². The van der Waals surface area contributed by atoms with Crippen LogP contribution in [0.3, 0.4) is 0 Å². The van der Waals surface area contributed by atoms with Gasteiger partial charge in [-0.05, 0) is 78.4 Å². The third-order valence-electron chi connectivity index (χ3n) is 7.70. The molecule has 6 nitrogen and oxygen atoms in total. The van der Waals surface area contributed by atoms with E-state index in [1.165, 1.54) is 44.8 Å². The average Bonchev–Trinajstić information content (AvgIpc) is 3.03. The van der Waals surface area contributed by atoms with E-state index >= 15 is 0 Å². The molecule has 3 rings (SSSR count). The first-order valence-corrected chi connectivity index (χ1v) is 17.6. The zero-order valence-corrected chi connectivity index (χ0v) is 27.2. The number of esters is 1. The molecule has 1 atom stereocenters. The van der Waals surface area contributed by atoms with Crippen LogP contribution in [0.15, 0.2) is 90.5 Å². The Bertz CT molecular complexity index is 1360. The largest absolute Gasteiger partial charge is 0.502 e. The van der Waals surface area contributed by atoms with Crippen LogP contribution in [0, 0.1) is 5.92 Å². The number of hydrogen-bond donors (Lipinski definition) is 0. The Kier molecular flexibility index (Phi) is 15.0. The van der Waals surface area contributed by atoms with E-state index in [1.807, 2.05) is 26.0 Å². The van der Waals surface area contributed by atoms with Gasteiger partial charge in [-0.25, -0.2) is 13.2 Å². The van der Waals surface area contributed by atoms with Gasteiger partial charge in [0.05, 0.1) is 35.7 Å². The Morgan fingerprint density at radius 1 is 0.727 bits per heavy atom. The molecule has 0 saturated heterocycles. The molecule has 0 aliphatic heterocycles. The van der Waals surface area contributed by atoms with Crippen LogP contribution in [-0.2, 0) is 14.6 Å². The molecule has 44 heavy (non-hydrogen) atoms. The molecule has 0 aromatic heterocycles. The predicted octanol–water partition coefficient (Wildman–Crippen LogP) is 9.44. The van der Waals surface area contributed by atoms with Gasteiger partial charge in [0.1, 0.15) is 11.5 Å². The summed E-state index contributed by atoms with van der Waals surface area (Å²) in [5.41, 5.74) is 2.24. The van der Waals surface area contributed by atoms with Gasteiger partial charge in [-0.15, -0.1) is 0 Å². The summed E-state index contributed by atoms with van der Waals surface area (Å²) in [5, 5.41) is 0. The molecule has 0 radical (unpaired) electrons. The number of ether oxygens (including phenoxy) is 3. The molecule has 0 N–H and O–H groups in total. The predicted molar refractivity (Wildman–Crippen MR) is 178 cm³/mol. The van der Waals surface area contributed by atoms with Gasteiger partial charge in [-0.2, -0.15) is 0 Å². The summed E-state index contributed by atoms with van der Waals surface area (Å²) in [4.78, 5) is 13.0. The van der Waals surface area contributed by atoms with Gasteiger partial charge in [0.2, 0.25) is 0 Å². The first-order chi connectivity index (χ1) is 21.3. The monoisotopic (exact) mass is 620 g/mol. The third kappa shape index (κ3) is 12.2. The summed E-state index contributed by atoms with van der Waals surface area (Å²) in [7, 11) is -3.30. The molecular weight excluding hydrogens is 572 g/mol. The lowest BCUT2D eigenvalue weighted by Crippen LogP contribution is -2.13. The zero-order valence-electron chi connectivity index (χ0n) is 26.3. The number of unbranched alkanes of at least 4 members (excludes halogenated alkanes) is 8. The van der Waals surface area contributed by atoms with Gasteiger partial charge in [0.15, 0.2) is 9.84 Å². The summed E-state index contributed by atoms with van der Waals surface area (Å²) in [6, 6.07) is 21.1. The van der Waals surface area contributed by atoms with Crippen LogP contribution in [0.1, 0.15) is 88.4 Å². The zero-order chi connectivity index (χ0) is 31.6. The minimum absolute atomic E-state index is 0.117. The van der Waals surface area contributed by atoms with Crippen LogP contribution in [0.5, 0.6) is 11.5 Å². The Balaban J connectivity index is 1.35. The van der Waals surface area contributed by atoms with Crippen LogP contribution in [-0.4, -0.2) is 33.4 Å². The first-order valence-electron chi connectivity index (χ1n) is 15.9. The third-order valence-corrected chi connectivity index (χ3v) is 9.69. The number of benzene rings is 3. The molecule has 3 aromatic rings. The minimum atomic E-state index is -3.30. The SMILES string of the molecule is C=COCCCCCCCCCCCOc1ccc(C(=O)Oc2ccc(-c3ccc(S(=O)(=O)C[C@@H](C)CC)cc3)cc2)cc1. The molecule has 0 aliphatic rings. The normalized spacial score (nSPS) is 12.0. The Labute approximate surface area is 264 Å². The van der Waals surface area contributed by atoms with E-state index in [-0.39, 0.29) is 11.7 Å². The highest BCUT2D eigenvalue weighted by molar-refractivity contribution is 7.91. The highest BCUT2D eigenvalue weighted by Gasteiger charge is 2.17. The quantitative estimate of drug-likeness (QED) is 0.0511. The number of rotatable bonds is 21. The minimum Gasteiger partial charge on any atom is -0.502 e. The molecule has 238 valence electrons. The van der Waals surface area contributed by atoms with Crippen LogP contribution in [0.2, 0.25) is 0 Å². The van der Waals surface area contributed by atoms with Crippen LogP contribution in [0.4, 0.5) is 0 Å². The second-order valence-electron chi connectivity index (χ2n) is 11.3. The van der Waals surface area contributed by atoms with E-state index in [0.717, 1.165) is 49.2 Å². The van der Waals surface area contributed by atoms with Gasteiger partial charge in [-0.3, -0.25) is 0 Å². The van der Waals surface area contributed by atoms with E-state index in [1.54, 1.807) is 60.7 Å². The standard InChI is InChI=1S/C37H48O6S/c1-4-30(3)29-44(39,40)36-25-19-32(20-26-36)31-15-23-35(24-16-31)43-37(38)33-17-21-34(22-18-33)42-28-14-12-10-8-6-7-9-11-13-27-41-5-2/h5,15-26,30H,2,4,6-14,27-29H2,1,3H3/t30-/m0/s1. The summed E-state index contributed by atoms with van der Waals surface area (Å²) in [5.74, 6) is 1.00. The fourth-order valence-electron chi connectivity index (χ4n) is 4.81. The van der Waals surface area contributed by atoms with Gasteiger partial charge in [-0.1, -0.05) is 96.1 Å². The van der Waals surface area contributed by atoms with Crippen molar-refractivity contribution < 1.29 is 27.4 Å². The van der Waals surface area contributed by atoms with Crippen molar-refractivity contribution in [3.8, 4) is 22.6 Å². The van der Waals surface area contributed by atoms with Crippen LogP contribution in [0.25, 0.3) is 11.1 Å². The molecule has 0 amide bonds. The maximum Gasteiger partial charge on any atom is 0.343 e. The van der Waals surface area contributed by atoms with Crippen LogP contribution < -0.4 is 9.47 Å². The Morgan fingerprint density at radius 2 is 1.23 bits per heavy atom. The molecule has 0 bridgehead atoms. The fraction of sp³-hybridized carbons (Fsp3) is 0.432. The van der Waals surface area contributed by atoms with Gasteiger partial charge in [0, 0.05) is 0 Å². The van der Waals surface area contributed by atoms with Crippen molar-refractivity contribution in [2.24, 2.45) is 5.92 Å². The molecule has 7 heteroatoms. The number of sulfone groups is 1.